The zero-order valence-electron chi connectivity index (χ0n) is 7.67. The minimum absolute atomic E-state index is 0.0802. The van der Waals surface area contributed by atoms with Crippen LogP contribution in [0.4, 0.5) is 0 Å². The van der Waals surface area contributed by atoms with Crippen molar-refractivity contribution in [2.45, 2.75) is 13.5 Å². The Bertz CT molecular complexity index is 487. The second-order valence-corrected chi connectivity index (χ2v) is 2.88. The van der Waals surface area contributed by atoms with Crippen molar-refractivity contribution < 1.29 is 4.42 Å². The van der Waals surface area contributed by atoms with E-state index in [2.05, 4.69) is 10.2 Å². The van der Waals surface area contributed by atoms with Gasteiger partial charge < -0.3 is 8.98 Å². The summed E-state index contributed by atoms with van der Waals surface area (Å²) in [7, 11) is 0. The molecule has 5 nitrogen and oxygen atoms in total. The number of hydrogen-bond donors (Lipinski definition) is 0. The highest BCUT2D eigenvalue weighted by Crippen LogP contribution is 1.98. The predicted molar refractivity (Wildman–Crippen MR) is 48.8 cm³/mol. The van der Waals surface area contributed by atoms with Crippen LogP contribution in [0.5, 0.6) is 0 Å². The van der Waals surface area contributed by atoms with Crippen molar-refractivity contribution in [3.63, 3.8) is 0 Å². The van der Waals surface area contributed by atoms with Crippen LogP contribution in [-0.4, -0.2) is 14.8 Å². The molecule has 0 aliphatic carbocycles. The van der Waals surface area contributed by atoms with Gasteiger partial charge in [0.15, 0.2) is 0 Å². The average Bonchev–Trinajstić information content (AvgIpc) is 2.56. The van der Waals surface area contributed by atoms with Gasteiger partial charge in [-0.1, -0.05) is 6.07 Å². The molecule has 0 amide bonds. The largest absolute Gasteiger partial charge is 0.424 e. The monoisotopic (exact) mass is 191 g/mol. The zero-order valence-corrected chi connectivity index (χ0v) is 7.67. The van der Waals surface area contributed by atoms with Gasteiger partial charge in [0, 0.05) is 19.2 Å². The molecule has 0 bridgehead atoms. The van der Waals surface area contributed by atoms with E-state index in [4.69, 9.17) is 4.42 Å². The van der Waals surface area contributed by atoms with Crippen molar-refractivity contribution in [1.82, 2.24) is 14.8 Å². The Hall–Kier alpha value is -1.91. The van der Waals surface area contributed by atoms with Gasteiger partial charge in [-0.2, -0.15) is 0 Å². The lowest BCUT2D eigenvalue weighted by Gasteiger charge is -1.99. The molecule has 0 aliphatic heterocycles. The van der Waals surface area contributed by atoms with Crippen LogP contribution in [0.2, 0.25) is 0 Å². The van der Waals surface area contributed by atoms with Gasteiger partial charge >= 0.3 is 0 Å². The fourth-order valence-corrected chi connectivity index (χ4v) is 1.14. The highest BCUT2D eigenvalue weighted by molar-refractivity contribution is 4.95. The topological polar surface area (TPSA) is 60.9 Å². The van der Waals surface area contributed by atoms with E-state index in [0.29, 0.717) is 18.3 Å². The summed E-state index contributed by atoms with van der Waals surface area (Å²) >= 11 is 0. The van der Waals surface area contributed by atoms with Crippen molar-refractivity contribution in [3.05, 3.63) is 46.5 Å². The standard InChI is InChI=1S/C9H9N3O2/c1-7-10-11-8(14-7)6-12-5-3-2-4-9(12)13/h2-5H,6H2,1H3. The molecule has 0 fully saturated rings. The Morgan fingerprint density at radius 3 is 2.93 bits per heavy atom. The van der Waals surface area contributed by atoms with Crippen LogP contribution >= 0.6 is 0 Å². The zero-order chi connectivity index (χ0) is 9.97. The first kappa shape index (κ1) is 8.68. The Morgan fingerprint density at radius 2 is 2.29 bits per heavy atom. The first-order valence-corrected chi connectivity index (χ1v) is 4.20. The summed E-state index contributed by atoms with van der Waals surface area (Å²) in [6.07, 6.45) is 1.68. The number of nitrogens with zero attached hydrogens (tertiary/aromatic N) is 3. The molecule has 0 aromatic carbocycles. The maximum Gasteiger partial charge on any atom is 0.250 e. The molecule has 0 N–H and O–H groups in total. The Labute approximate surface area is 80.0 Å². The molecule has 14 heavy (non-hydrogen) atoms. The minimum atomic E-state index is -0.0802. The van der Waals surface area contributed by atoms with Gasteiger partial charge in [0.2, 0.25) is 11.8 Å². The van der Waals surface area contributed by atoms with Crippen molar-refractivity contribution >= 4 is 0 Å². The molecule has 2 rings (SSSR count). The Morgan fingerprint density at radius 1 is 1.43 bits per heavy atom. The maximum absolute atomic E-state index is 11.3. The summed E-state index contributed by atoms with van der Waals surface area (Å²) in [4.78, 5) is 11.3. The van der Waals surface area contributed by atoms with E-state index in [0.717, 1.165) is 0 Å². The molecule has 0 unspecified atom stereocenters. The second kappa shape index (κ2) is 3.45. The number of pyridine rings is 1. The van der Waals surface area contributed by atoms with Crippen LogP contribution in [-0.2, 0) is 6.54 Å². The van der Waals surface area contributed by atoms with Crippen LogP contribution in [0.25, 0.3) is 0 Å². The third-order valence-electron chi connectivity index (χ3n) is 1.77. The fraction of sp³-hybridized carbons (Fsp3) is 0.222. The molecule has 2 heterocycles. The van der Waals surface area contributed by atoms with E-state index in [9.17, 15) is 4.79 Å². The van der Waals surface area contributed by atoms with E-state index < -0.39 is 0 Å². The second-order valence-electron chi connectivity index (χ2n) is 2.88. The molecule has 5 heteroatoms. The summed E-state index contributed by atoms with van der Waals surface area (Å²) in [6.45, 7) is 2.03. The van der Waals surface area contributed by atoms with Crippen LogP contribution in [0, 0.1) is 6.92 Å². The lowest BCUT2D eigenvalue weighted by molar-refractivity contribution is 0.452. The van der Waals surface area contributed by atoms with Gasteiger partial charge in [0.05, 0.1) is 0 Å². The third kappa shape index (κ3) is 1.71. The molecule has 0 radical (unpaired) electrons. The lowest BCUT2D eigenvalue weighted by atomic mass is 10.4. The van der Waals surface area contributed by atoms with Crippen LogP contribution in [0.15, 0.2) is 33.6 Å². The summed E-state index contributed by atoms with van der Waals surface area (Å²) in [5, 5.41) is 7.49. The van der Waals surface area contributed by atoms with Crippen LogP contribution < -0.4 is 5.56 Å². The highest BCUT2D eigenvalue weighted by Gasteiger charge is 2.03. The van der Waals surface area contributed by atoms with Crippen molar-refractivity contribution in [2.75, 3.05) is 0 Å². The summed E-state index contributed by atoms with van der Waals surface area (Å²) < 4.78 is 6.67. The summed E-state index contributed by atoms with van der Waals surface area (Å²) in [5.41, 5.74) is -0.0802. The van der Waals surface area contributed by atoms with E-state index in [1.54, 1.807) is 25.3 Å². The van der Waals surface area contributed by atoms with Gasteiger partial charge in [-0.25, -0.2) is 0 Å². The number of aryl methyl sites for hydroxylation is 1. The molecule has 0 aliphatic rings. The number of rotatable bonds is 2. The average molecular weight is 191 g/mol. The predicted octanol–water partition coefficient (Wildman–Crippen LogP) is 0.588. The fourth-order valence-electron chi connectivity index (χ4n) is 1.14. The third-order valence-corrected chi connectivity index (χ3v) is 1.77. The number of hydrogen-bond acceptors (Lipinski definition) is 4. The van der Waals surface area contributed by atoms with Crippen LogP contribution in [0.1, 0.15) is 11.8 Å². The molecule has 0 spiro atoms. The van der Waals surface area contributed by atoms with Gasteiger partial charge in [-0.15, -0.1) is 10.2 Å². The first-order valence-electron chi connectivity index (χ1n) is 4.20. The number of aromatic nitrogens is 3. The molecule has 0 atom stereocenters. The lowest BCUT2D eigenvalue weighted by Crippen LogP contribution is -2.18. The molecule has 2 aromatic rings. The van der Waals surface area contributed by atoms with E-state index >= 15 is 0 Å². The van der Waals surface area contributed by atoms with Gasteiger partial charge in [-0.05, 0) is 6.07 Å². The quantitative estimate of drug-likeness (QED) is 0.696. The van der Waals surface area contributed by atoms with E-state index in [-0.39, 0.29) is 5.56 Å². The Kier molecular flexibility index (Phi) is 2.14. The summed E-state index contributed by atoms with van der Waals surface area (Å²) in [6, 6.07) is 4.96. The van der Waals surface area contributed by atoms with E-state index in [1.165, 1.54) is 10.6 Å². The SMILES string of the molecule is Cc1nnc(Cn2ccccc2=O)o1. The molecule has 2 aromatic heterocycles. The molecule has 0 saturated heterocycles. The van der Waals surface area contributed by atoms with Gasteiger partial charge in [0.1, 0.15) is 6.54 Å². The van der Waals surface area contributed by atoms with Crippen molar-refractivity contribution in [1.29, 1.82) is 0 Å². The molecular weight excluding hydrogens is 182 g/mol. The molecule has 0 saturated carbocycles. The minimum Gasteiger partial charge on any atom is -0.424 e. The first-order chi connectivity index (χ1) is 6.75. The van der Waals surface area contributed by atoms with E-state index in [1.807, 2.05) is 0 Å². The molecule has 72 valence electrons. The molecular formula is C9H9N3O2. The normalized spacial score (nSPS) is 10.4. The van der Waals surface area contributed by atoms with Crippen molar-refractivity contribution in [2.24, 2.45) is 0 Å². The summed E-state index contributed by atoms with van der Waals surface area (Å²) in [5.74, 6) is 0.944. The maximum atomic E-state index is 11.3. The van der Waals surface area contributed by atoms with Gasteiger partial charge in [-0.3, -0.25) is 4.79 Å². The van der Waals surface area contributed by atoms with Crippen molar-refractivity contribution in [3.8, 4) is 0 Å². The van der Waals surface area contributed by atoms with Crippen LogP contribution in [0.3, 0.4) is 0 Å². The Balaban J connectivity index is 2.27. The smallest absolute Gasteiger partial charge is 0.250 e. The highest BCUT2D eigenvalue weighted by atomic mass is 16.4. The van der Waals surface area contributed by atoms with Gasteiger partial charge in [0.25, 0.3) is 5.56 Å².